The molecule has 0 aliphatic rings. The predicted molar refractivity (Wildman–Crippen MR) is 99.4 cm³/mol. The van der Waals surface area contributed by atoms with Crippen LogP contribution in [0, 0.1) is 6.92 Å². The third kappa shape index (κ3) is 8.28. The molecule has 0 unspecified atom stereocenters. The molecule has 3 N–H and O–H groups in total. The molecule has 0 radical (unpaired) electrons. The molecule has 0 fully saturated rings. The Morgan fingerprint density at radius 2 is 1.85 bits per heavy atom. The Morgan fingerprint density at radius 3 is 2.31 bits per heavy atom. The third-order valence-electron chi connectivity index (χ3n) is 3.71. The molecule has 1 aromatic rings. The number of nitrogens with zero attached hydrogens (tertiary/aromatic N) is 1. The summed E-state index contributed by atoms with van der Waals surface area (Å²) in [5, 5.41) is 20.7. The molecule has 1 rings (SSSR count). The van der Waals surface area contributed by atoms with Gasteiger partial charge in [0, 0.05) is 25.4 Å². The minimum atomic E-state index is -3.42. The van der Waals surface area contributed by atoms with Crippen LogP contribution in [0.3, 0.4) is 0 Å². The Labute approximate surface area is 155 Å². The number of sulfonamides is 1. The van der Waals surface area contributed by atoms with Crippen LogP contribution in [0.5, 0.6) is 0 Å². The molecule has 0 aliphatic heterocycles. The fourth-order valence-electron chi connectivity index (χ4n) is 2.49. The largest absolute Gasteiger partial charge is 0.635 e. The van der Waals surface area contributed by atoms with E-state index in [1.165, 1.54) is 4.31 Å². The Kier molecular flexibility index (Phi) is 8.71. The first-order chi connectivity index (χ1) is 12.0. The van der Waals surface area contributed by atoms with Gasteiger partial charge in [0.15, 0.2) is 0 Å². The van der Waals surface area contributed by atoms with E-state index in [2.05, 4.69) is 5.32 Å². The number of hydrogen-bond donors (Lipinski definition) is 3. The molecule has 0 aliphatic carbocycles. The quantitative estimate of drug-likeness (QED) is 0.386. The van der Waals surface area contributed by atoms with Crippen molar-refractivity contribution >= 4 is 23.3 Å². The maximum Gasteiger partial charge on any atom is 0.635 e. The van der Waals surface area contributed by atoms with Gasteiger partial charge in [-0.05, 0) is 26.3 Å². The average Bonchev–Trinajstić information content (AvgIpc) is 2.47. The Bertz CT molecular complexity index is 678. The van der Waals surface area contributed by atoms with Crippen molar-refractivity contribution in [1.29, 1.82) is 0 Å². The third-order valence-corrected chi connectivity index (χ3v) is 5.17. The highest BCUT2D eigenvalue weighted by Crippen LogP contribution is 2.09. The number of aryl methyl sites for hydroxylation is 1. The number of carbonyl (C=O) groups excluding carboxylic acids is 1. The zero-order valence-electron chi connectivity index (χ0n) is 15.5. The number of carbonyl (C=O) groups is 1. The second-order valence-electron chi connectivity index (χ2n) is 6.43. The molecule has 8 nitrogen and oxygen atoms in total. The van der Waals surface area contributed by atoms with Crippen molar-refractivity contribution in [2.75, 3.05) is 12.8 Å². The lowest BCUT2D eigenvalue weighted by atomic mass is 10.1. The summed E-state index contributed by atoms with van der Waals surface area (Å²) in [7, 11) is -5.45. The zero-order chi connectivity index (χ0) is 19.9. The van der Waals surface area contributed by atoms with Crippen molar-refractivity contribution in [3.63, 3.8) is 0 Å². The van der Waals surface area contributed by atoms with Crippen LogP contribution in [0.4, 0.5) is 0 Å². The molecular weight excluding hydrogens is 359 g/mol. The summed E-state index contributed by atoms with van der Waals surface area (Å²) in [6, 6.07) is 7.24. The van der Waals surface area contributed by atoms with Crippen molar-refractivity contribution in [2.24, 2.45) is 0 Å². The predicted octanol–water partition coefficient (Wildman–Crippen LogP) is 0.0260. The summed E-state index contributed by atoms with van der Waals surface area (Å²) >= 11 is 0. The first kappa shape index (κ1) is 22.6. The molecule has 1 aromatic carbocycles. The maximum atomic E-state index is 12.2. The Balaban J connectivity index is 2.68. The van der Waals surface area contributed by atoms with E-state index >= 15 is 0 Å². The van der Waals surface area contributed by atoms with Crippen LogP contribution in [0.15, 0.2) is 24.3 Å². The molecule has 10 heteroatoms. The van der Waals surface area contributed by atoms with Crippen LogP contribution in [0.25, 0.3) is 0 Å². The fraction of sp³-hybridized carbons (Fsp3) is 0.562. The van der Waals surface area contributed by atoms with E-state index < -0.39 is 29.5 Å². The summed E-state index contributed by atoms with van der Waals surface area (Å²) in [5.74, 6) is -0.447. The zero-order valence-corrected chi connectivity index (χ0v) is 16.4. The van der Waals surface area contributed by atoms with Crippen molar-refractivity contribution in [2.45, 2.75) is 45.9 Å². The van der Waals surface area contributed by atoms with Crippen molar-refractivity contribution < 1.29 is 27.9 Å². The first-order valence-electron chi connectivity index (χ1n) is 8.32. The van der Waals surface area contributed by atoms with E-state index in [1.807, 2.05) is 31.2 Å². The number of nitrogens with one attached hydrogen (secondary N) is 1. The molecule has 1 amide bonds. The lowest BCUT2D eigenvalue weighted by molar-refractivity contribution is -0.124. The smallest absolute Gasteiger partial charge is 0.402 e. The monoisotopic (exact) mass is 386 g/mol. The molecule has 0 saturated carbocycles. The van der Waals surface area contributed by atoms with Gasteiger partial charge in [0.1, 0.15) is 6.23 Å². The number of amides is 1. The summed E-state index contributed by atoms with van der Waals surface area (Å²) in [5.41, 5.74) is 1.92. The maximum absolute atomic E-state index is 12.2. The lowest BCUT2D eigenvalue weighted by Crippen LogP contribution is -2.44. The van der Waals surface area contributed by atoms with Crippen LogP contribution in [-0.2, 0) is 25.9 Å². The molecule has 0 bridgehead atoms. The minimum Gasteiger partial charge on any atom is -0.402 e. The Hall–Kier alpha value is -1.46. The standard InChI is InChI=1S/C16H27BN2O6S/c1-12(2)19(26(4,23)24)10-9-15(20)18-16(25-17(21)22)11-14-7-5-13(3)6-8-14/h5-8,12,16,21-22H,9-11H2,1-4H3,(H,18,20)/t16-/m1/s1. The van der Waals surface area contributed by atoms with Crippen molar-refractivity contribution in [3.05, 3.63) is 35.4 Å². The van der Waals surface area contributed by atoms with E-state index in [1.54, 1.807) is 13.8 Å². The van der Waals surface area contributed by atoms with Crippen LogP contribution in [0.1, 0.15) is 31.4 Å². The van der Waals surface area contributed by atoms with Crippen LogP contribution < -0.4 is 5.32 Å². The second-order valence-corrected chi connectivity index (χ2v) is 8.36. The second kappa shape index (κ2) is 10.0. The van der Waals surface area contributed by atoms with Gasteiger partial charge in [-0.3, -0.25) is 4.79 Å². The molecule has 0 saturated heterocycles. The molecular formula is C16H27BN2O6S. The normalized spacial score (nSPS) is 13.1. The van der Waals surface area contributed by atoms with Gasteiger partial charge < -0.3 is 20.0 Å². The topological polar surface area (TPSA) is 116 Å². The van der Waals surface area contributed by atoms with Crippen LogP contribution in [0.2, 0.25) is 0 Å². The lowest BCUT2D eigenvalue weighted by Gasteiger charge is -2.24. The van der Waals surface area contributed by atoms with Gasteiger partial charge in [0.05, 0.1) is 6.26 Å². The van der Waals surface area contributed by atoms with Crippen molar-refractivity contribution in [3.8, 4) is 0 Å². The van der Waals surface area contributed by atoms with E-state index in [9.17, 15) is 13.2 Å². The minimum absolute atomic E-state index is 0.0290. The summed E-state index contributed by atoms with van der Waals surface area (Å²) in [6.07, 6.45) is 0.316. The van der Waals surface area contributed by atoms with Crippen LogP contribution >= 0.6 is 0 Å². The molecule has 146 valence electrons. The number of rotatable bonds is 10. The van der Waals surface area contributed by atoms with Gasteiger partial charge in [-0.2, -0.15) is 4.31 Å². The fourth-order valence-corrected chi connectivity index (χ4v) is 3.68. The molecule has 0 heterocycles. The number of benzene rings is 1. The summed E-state index contributed by atoms with van der Waals surface area (Å²) in [6.45, 7) is 5.43. The van der Waals surface area contributed by atoms with E-state index in [4.69, 9.17) is 14.7 Å². The van der Waals surface area contributed by atoms with Gasteiger partial charge in [-0.15, -0.1) is 0 Å². The highest BCUT2D eigenvalue weighted by atomic mass is 32.2. The molecule has 0 spiro atoms. The van der Waals surface area contributed by atoms with Gasteiger partial charge in [0.25, 0.3) is 0 Å². The van der Waals surface area contributed by atoms with Crippen molar-refractivity contribution in [1.82, 2.24) is 9.62 Å². The van der Waals surface area contributed by atoms with Gasteiger partial charge in [0.2, 0.25) is 15.9 Å². The van der Waals surface area contributed by atoms with E-state index in [0.717, 1.165) is 17.4 Å². The molecule has 0 aromatic heterocycles. The van der Waals surface area contributed by atoms with E-state index in [-0.39, 0.29) is 25.4 Å². The number of hydrogen-bond acceptors (Lipinski definition) is 6. The Morgan fingerprint density at radius 1 is 1.27 bits per heavy atom. The summed E-state index contributed by atoms with van der Waals surface area (Å²) in [4.78, 5) is 12.2. The van der Waals surface area contributed by atoms with Gasteiger partial charge in [-0.25, -0.2) is 8.42 Å². The average molecular weight is 386 g/mol. The van der Waals surface area contributed by atoms with Gasteiger partial charge >= 0.3 is 7.32 Å². The highest BCUT2D eigenvalue weighted by Gasteiger charge is 2.23. The summed E-state index contributed by atoms with van der Waals surface area (Å²) < 4.78 is 29.6. The van der Waals surface area contributed by atoms with Gasteiger partial charge in [-0.1, -0.05) is 29.8 Å². The molecule has 1 atom stereocenters. The van der Waals surface area contributed by atoms with Crippen LogP contribution in [-0.4, -0.2) is 61.1 Å². The van der Waals surface area contributed by atoms with E-state index in [0.29, 0.717) is 0 Å². The SMILES string of the molecule is Cc1ccc(C[C@H](NC(=O)CCN(C(C)C)S(C)(=O)=O)OB(O)O)cc1. The highest BCUT2D eigenvalue weighted by molar-refractivity contribution is 7.88. The molecule has 26 heavy (non-hydrogen) atoms. The first-order valence-corrected chi connectivity index (χ1v) is 10.2.